The number of piperidine rings is 1. The lowest BCUT2D eigenvalue weighted by Crippen LogP contribution is -2.40. The van der Waals surface area contributed by atoms with Crippen molar-refractivity contribution in [2.24, 2.45) is 5.92 Å². The molecule has 1 aliphatic heterocycles. The highest BCUT2D eigenvalue weighted by Crippen LogP contribution is 2.36. The first-order chi connectivity index (χ1) is 20.2. The number of pyridine rings is 1. The van der Waals surface area contributed by atoms with Crippen LogP contribution in [0.15, 0.2) is 59.4 Å². The first-order valence-electron chi connectivity index (χ1n) is 14.2. The molecule has 2 aromatic heterocycles. The topological polar surface area (TPSA) is 120 Å². The third kappa shape index (κ3) is 5.40. The number of benzene rings is 2. The number of methoxy groups -OCH3 is 1. The summed E-state index contributed by atoms with van der Waals surface area (Å²) >= 11 is 0. The fraction of sp³-hybridized carbons (Fsp3) is 0.333. The molecule has 9 heteroatoms. The van der Waals surface area contributed by atoms with Gasteiger partial charge in [0.05, 0.1) is 36.4 Å². The third-order valence-electron chi connectivity index (χ3n) is 8.44. The van der Waals surface area contributed by atoms with Crippen molar-refractivity contribution in [2.45, 2.75) is 46.2 Å². The average molecular weight is 566 g/mol. The number of fused-ring (bicyclic) bond motifs is 1. The van der Waals surface area contributed by atoms with Crippen LogP contribution in [0.25, 0.3) is 10.9 Å². The summed E-state index contributed by atoms with van der Waals surface area (Å²) in [4.78, 5) is 43.9. The number of nitriles is 1. The van der Waals surface area contributed by atoms with Gasteiger partial charge in [0.15, 0.2) is 0 Å². The number of amides is 2. The molecule has 0 radical (unpaired) electrons. The summed E-state index contributed by atoms with van der Waals surface area (Å²) in [6, 6.07) is 18.6. The van der Waals surface area contributed by atoms with Crippen molar-refractivity contribution in [3.8, 4) is 11.8 Å². The van der Waals surface area contributed by atoms with E-state index >= 15 is 0 Å². The summed E-state index contributed by atoms with van der Waals surface area (Å²) in [5.41, 5.74) is 4.32. The molecule has 1 unspecified atom stereocenters. The van der Waals surface area contributed by atoms with Crippen molar-refractivity contribution in [1.29, 1.82) is 5.26 Å². The predicted molar refractivity (Wildman–Crippen MR) is 161 cm³/mol. The number of carbonyl (C=O) groups excluding carboxylic acids is 2. The van der Waals surface area contributed by atoms with Gasteiger partial charge in [-0.05, 0) is 75.9 Å². The van der Waals surface area contributed by atoms with Crippen LogP contribution >= 0.6 is 0 Å². The van der Waals surface area contributed by atoms with Gasteiger partial charge in [-0.2, -0.15) is 5.26 Å². The summed E-state index contributed by atoms with van der Waals surface area (Å²) in [5, 5.41) is 12.8. The van der Waals surface area contributed by atoms with Gasteiger partial charge in [0.2, 0.25) is 0 Å². The molecule has 1 aliphatic rings. The molecule has 2 amide bonds. The Kier molecular flexibility index (Phi) is 8.16. The van der Waals surface area contributed by atoms with Gasteiger partial charge in [0, 0.05) is 47.0 Å². The lowest BCUT2D eigenvalue weighted by atomic mass is 9.89. The maximum absolute atomic E-state index is 13.6. The fourth-order valence-corrected chi connectivity index (χ4v) is 6.16. The number of para-hydroxylation sites is 1. The SMILES string of the molecule is COc1cc(C)[nH]c(=O)c1CNC(=O)c1c(C)n(C(C)C2CCN(C(=O)c3ccc(C#N)cc3)CC2)c2ccccc12. The normalized spacial score (nSPS) is 14.4. The monoisotopic (exact) mass is 565 g/mol. The van der Waals surface area contributed by atoms with Crippen molar-refractivity contribution >= 4 is 22.7 Å². The van der Waals surface area contributed by atoms with E-state index in [9.17, 15) is 14.4 Å². The van der Waals surface area contributed by atoms with Crippen LogP contribution in [0.4, 0.5) is 0 Å². The number of nitrogens with one attached hydrogen (secondary N) is 2. The second kappa shape index (κ2) is 12.0. The summed E-state index contributed by atoms with van der Waals surface area (Å²) in [5.74, 6) is 0.486. The van der Waals surface area contributed by atoms with Gasteiger partial charge in [0.25, 0.3) is 17.4 Å². The van der Waals surface area contributed by atoms with E-state index in [1.54, 1.807) is 37.3 Å². The minimum Gasteiger partial charge on any atom is -0.496 e. The smallest absolute Gasteiger partial charge is 0.256 e. The highest BCUT2D eigenvalue weighted by atomic mass is 16.5. The maximum atomic E-state index is 13.6. The van der Waals surface area contributed by atoms with Crippen LogP contribution in [0.5, 0.6) is 5.75 Å². The van der Waals surface area contributed by atoms with Crippen molar-refractivity contribution in [1.82, 2.24) is 19.8 Å². The minimum absolute atomic E-state index is 0.0174. The molecule has 2 N–H and O–H groups in total. The van der Waals surface area contributed by atoms with E-state index in [-0.39, 0.29) is 30.0 Å². The Balaban J connectivity index is 1.34. The number of aryl methyl sites for hydroxylation is 1. The molecular formula is C33H35N5O4. The average Bonchev–Trinajstić information content (AvgIpc) is 3.31. The molecule has 0 saturated carbocycles. The van der Waals surface area contributed by atoms with E-state index < -0.39 is 0 Å². The fourth-order valence-electron chi connectivity index (χ4n) is 6.16. The lowest BCUT2D eigenvalue weighted by Gasteiger charge is -2.36. The van der Waals surface area contributed by atoms with Crippen LogP contribution in [0.2, 0.25) is 0 Å². The van der Waals surface area contributed by atoms with Crippen molar-refractivity contribution in [3.05, 3.63) is 98.6 Å². The molecule has 216 valence electrons. The summed E-state index contributed by atoms with van der Waals surface area (Å²) in [7, 11) is 1.51. The number of ether oxygens (including phenoxy) is 1. The molecule has 1 atom stereocenters. The highest BCUT2D eigenvalue weighted by molar-refractivity contribution is 6.08. The Morgan fingerprint density at radius 3 is 2.48 bits per heavy atom. The summed E-state index contributed by atoms with van der Waals surface area (Å²) < 4.78 is 7.63. The van der Waals surface area contributed by atoms with E-state index in [1.165, 1.54) is 7.11 Å². The molecule has 42 heavy (non-hydrogen) atoms. The number of likely N-dealkylation sites (tertiary alicyclic amines) is 1. The number of carbonyl (C=O) groups is 2. The van der Waals surface area contributed by atoms with E-state index in [1.807, 2.05) is 36.1 Å². The minimum atomic E-state index is -0.288. The maximum Gasteiger partial charge on any atom is 0.256 e. The zero-order valence-electron chi connectivity index (χ0n) is 24.4. The Morgan fingerprint density at radius 2 is 1.81 bits per heavy atom. The van der Waals surface area contributed by atoms with Crippen LogP contribution in [-0.4, -0.2) is 46.5 Å². The van der Waals surface area contributed by atoms with E-state index in [2.05, 4.69) is 27.9 Å². The quantitative estimate of drug-likeness (QED) is 0.331. The van der Waals surface area contributed by atoms with E-state index in [4.69, 9.17) is 10.00 Å². The highest BCUT2D eigenvalue weighted by Gasteiger charge is 2.31. The molecule has 0 spiro atoms. The van der Waals surface area contributed by atoms with Gasteiger partial charge in [0.1, 0.15) is 5.75 Å². The number of hydrogen-bond acceptors (Lipinski definition) is 5. The molecule has 3 heterocycles. The van der Waals surface area contributed by atoms with Crippen LogP contribution in [0.1, 0.15) is 69.0 Å². The first-order valence-corrected chi connectivity index (χ1v) is 14.2. The standard InChI is InChI=1S/C33H35N5O4/c1-20-17-29(42-4)27(31(39)36-20)19-35-32(40)30-22(3)38(28-8-6-5-7-26(28)30)21(2)24-13-15-37(16-14-24)33(41)25-11-9-23(18-34)10-12-25/h5-12,17,21,24H,13-16,19H2,1-4H3,(H,35,40)(H,36,39). The van der Waals surface area contributed by atoms with Gasteiger partial charge in [-0.1, -0.05) is 18.2 Å². The largest absolute Gasteiger partial charge is 0.496 e. The van der Waals surface area contributed by atoms with Crippen molar-refractivity contribution < 1.29 is 14.3 Å². The van der Waals surface area contributed by atoms with Crippen molar-refractivity contribution in [2.75, 3.05) is 20.2 Å². The van der Waals surface area contributed by atoms with Gasteiger partial charge in [-0.15, -0.1) is 0 Å². The molecule has 4 aromatic rings. The Labute approximate surface area is 244 Å². The molecule has 0 bridgehead atoms. The molecular weight excluding hydrogens is 530 g/mol. The molecule has 1 fully saturated rings. The predicted octanol–water partition coefficient (Wildman–Crippen LogP) is 4.87. The number of rotatable bonds is 7. The summed E-state index contributed by atoms with van der Waals surface area (Å²) in [6.45, 7) is 7.26. The zero-order valence-corrected chi connectivity index (χ0v) is 24.4. The number of H-pyrrole nitrogens is 1. The van der Waals surface area contributed by atoms with Gasteiger partial charge in [-0.3, -0.25) is 14.4 Å². The number of aromatic nitrogens is 2. The first kappa shape index (κ1) is 28.7. The Bertz CT molecular complexity index is 1740. The van der Waals surface area contributed by atoms with Gasteiger partial charge >= 0.3 is 0 Å². The second-order valence-corrected chi connectivity index (χ2v) is 10.9. The molecule has 2 aromatic carbocycles. The van der Waals surface area contributed by atoms with Crippen LogP contribution in [0.3, 0.4) is 0 Å². The Hall–Kier alpha value is -4.84. The molecule has 1 saturated heterocycles. The molecule has 0 aliphatic carbocycles. The van der Waals surface area contributed by atoms with E-state index in [0.717, 1.165) is 29.4 Å². The second-order valence-electron chi connectivity index (χ2n) is 10.9. The summed E-state index contributed by atoms with van der Waals surface area (Å²) in [6.07, 6.45) is 1.68. The van der Waals surface area contributed by atoms with Crippen molar-refractivity contribution in [3.63, 3.8) is 0 Å². The number of nitrogens with zero attached hydrogens (tertiary/aromatic N) is 3. The van der Waals surface area contributed by atoms with Gasteiger partial charge < -0.3 is 24.5 Å². The zero-order chi connectivity index (χ0) is 30.0. The van der Waals surface area contributed by atoms with Crippen LogP contribution in [0, 0.1) is 31.1 Å². The third-order valence-corrected chi connectivity index (χ3v) is 8.44. The van der Waals surface area contributed by atoms with Crippen LogP contribution < -0.4 is 15.6 Å². The number of aromatic amines is 1. The molecule has 5 rings (SSSR count). The Morgan fingerprint density at radius 1 is 1.12 bits per heavy atom. The molecule has 9 nitrogen and oxygen atoms in total. The lowest BCUT2D eigenvalue weighted by molar-refractivity contribution is 0.0666. The van der Waals surface area contributed by atoms with Crippen LogP contribution in [-0.2, 0) is 6.54 Å². The van der Waals surface area contributed by atoms with E-state index in [0.29, 0.717) is 52.7 Å². The number of hydrogen-bond donors (Lipinski definition) is 2. The van der Waals surface area contributed by atoms with Gasteiger partial charge in [-0.25, -0.2) is 0 Å².